The van der Waals surface area contributed by atoms with Crippen LogP contribution in [0.1, 0.15) is 64.2 Å². The second kappa shape index (κ2) is 7.00. The molecule has 0 amide bonds. The van der Waals surface area contributed by atoms with E-state index in [0.717, 1.165) is 25.7 Å². The van der Waals surface area contributed by atoms with E-state index in [1.165, 1.54) is 38.5 Å². The largest absolute Gasteiger partial charge is 0.461 e. The molecule has 2 aliphatic rings. The van der Waals surface area contributed by atoms with Gasteiger partial charge in [-0.1, -0.05) is 25.7 Å². The zero-order chi connectivity index (χ0) is 11.9. The van der Waals surface area contributed by atoms with E-state index in [4.69, 9.17) is 9.47 Å². The molecule has 98 valence electrons. The van der Waals surface area contributed by atoms with Crippen LogP contribution in [-0.2, 0) is 14.3 Å². The molecular formula is C14H24O3. The number of carbonyl (C=O) groups is 1. The van der Waals surface area contributed by atoms with Gasteiger partial charge >= 0.3 is 5.97 Å². The van der Waals surface area contributed by atoms with Crippen molar-refractivity contribution in [3.63, 3.8) is 0 Å². The average Bonchev–Trinajstić information content (AvgIpc) is 2.39. The lowest BCUT2D eigenvalue weighted by Crippen LogP contribution is -2.26. The Labute approximate surface area is 104 Å². The molecule has 0 unspecified atom stereocenters. The van der Waals surface area contributed by atoms with Crippen LogP contribution in [0, 0.1) is 0 Å². The van der Waals surface area contributed by atoms with E-state index >= 15 is 0 Å². The van der Waals surface area contributed by atoms with Gasteiger partial charge in [-0.3, -0.25) is 0 Å². The van der Waals surface area contributed by atoms with Gasteiger partial charge in [-0.05, 0) is 38.5 Å². The molecule has 2 fully saturated rings. The minimum absolute atomic E-state index is 0.154. The van der Waals surface area contributed by atoms with E-state index in [-0.39, 0.29) is 18.7 Å². The average molecular weight is 240 g/mol. The number of hydrogen-bond donors (Lipinski definition) is 0. The molecule has 17 heavy (non-hydrogen) atoms. The van der Waals surface area contributed by atoms with E-state index in [0.29, 0.717) is 6.10 Å². The van der Waals surface area contributed by atoms with Crippen molar-refractivity contribution in [1.82, 2.24) is 0 Å². The van der Waals surface area contributed by atoms with Crippen LogP contribution in [0.4, 0.5) is 0 Å². The molecule has 0 aromatic rings. The summed E-state index contributed by atoms with van der Waals surface area (Å²) in [5, 5.41) is 0. The molecule has 0 N–H and O–H groups in total. The van der Waals surface area contributed by atoms with Crippen LogP contribution in [0.15, 0.2) is 0 Å². The summed E-state index contributed by atoms with van der Waals surface area (Å²) in [4.78, 5) is 11.6. The second-order valence-corrected chi connectivity index (χ2v) is 5.32. The van der Waals surface area contributed by atoms with Crippen LogP contribution in [0.2, 0.25) is 0 Å². The van der Waals surface area contributed by atoms with Crippen LogP contribution < -0.4 is 0 Å². The quantitative estimate of drug-likeness (QED) is 0.708. The Morgan fingerprint density at radius 2 is 1.35 bits per heavy atom. The van der Waals surface area contributed by atoms with Gasteiger partial charge in [0.2, 0.25) is 0 Å². The van der Waals surface area contributed by atoms with Crippen molar-refractivity contribution in [2.24, 2.45) is 0 Å². The zero-order valence-corrected chi connectivity index (χ0v) is 10.7. The Kier molecular flexibility index (Phi) is 5.30. The molecule has 0 radical (unpaired) electrons. The fourth-order valence-electron chi connectivity index (χ4n) is 2.82. The van der Waals surface area contributed by atoms with Gasteiger partial charge in [0.05, 0.1) is 6.10 Å². The number of hydrogen-bond acceptors (Lipinski definition) is 3. The third-order valence-corrected chi connectivity index (χ3v) is 3.84. The van der Waals surface area contributed by atoms with E-state index in [9.17, 15) is 4.79 Å². The molecule has 0 aromatic carbocycles. The van der Waals surface area contributed by atoms with Crippen LogP contribution in [-0.4, -0.2) is 24.8 Å². The maximum atomic E-state index is 11.6. The van der Waals surface area contributed by atoms with Crippen molar-refractivity contribution < 1.29 is 14.3 Å². The molecule has 2 aliphatic carbocycles. The van der Waals surface area contributed by atoms with Gasteiger partial charge in [-0.25, -0.2) is 4.79 Å². The van der Waals surface area contributed by atoms with Crippen LogP contribution in [0.25, 0.3) is 0 Å². The highest BCUT2D eigenvalue weighted by Gasteiger charge is 2.19. The smallest absolute Gasteiger partial charge is 0.332 e. The standard InChI is InChI=1S/C14H24O3/c15-14(17-13-9-5-2-6-10-13)11-16-12-7-3-1-4-8-12/h12-13H,1-11H2. The summed E-state index contributed by atoms with van der Waals surface area (Å²) < 4.78 is 11.0. The third-order valence-electron chi connectivity index (χ3n) is 3.84. The first-order valence-corrected chi connectivity index (χ1v) is 7.15. The summed E-state index contributed by atoms with van der Waals surface area (Å²) in [7, 11) is 0. The number of esters is 1. The minimum Gasteiger partial charge on any atom is -0.461 e. The lowest BCUT2D eigenvalue weighted by atomic mass is 9.98. The molecule has 3 heteroatoms. The molecule has 0 heterocycles. The summed E-state index contributed by atoms with van der Waals surface area (Å²) in [5.41, 5.74) is 0. The lowest BCUT2D eigenvalue weighted by Gasteiger charge is -2.24. The first-order chi connectivity index (χ1) is 8.34. The normalized spacial score (nSPS) is 23.5. The first kappa shape index (κ1) is 12.9. The summed E-state index contributed by atoms with van der Waals surface area (Å²) in [6.07, 6.45) is 12.2. The van der Waals surface area contributed by atoms with Crippen molar-refractivity contribution in [3.8, 4) is 0 Å². The fourth-order valence-corrected chi connectivity index (χ4v) is 2.82. The fraction of sp³-hybridized carbons (Fsp3) is 0.929. The van der Waals surface area contributed by atoms with Gasteiger partial charge in [0, 0.05) is 0 Å². The molecule has 0 bridgehead atoms. The highest BCUT2D eigenvalue weighted by molar-refractivity contribution is 5.70. The predicted octanol–water partition coefficient (Wildman–Crippen LogP) is 3.21. The molecule has 2 rings (SSSR count). The number of ether oxygens (including phenoxy) is 2. The van der Waals surface area contributed by atoms with Gasteiger partial charge in [0.15, 0.2) is 0 Å². The van der Waals surface area contributed by atoms with Crippen LogP contribution in [0.5, 0.6) is 0 Å². The van der Waals surface area contributed by atoms with Crippen molar-refractivity contribution in [1.29, 1.82) is 0 Å². The van der Waals surface area contributed by atoms with Crippen LogP contribution in [0.3, 0.4) is 0 Å². The Hall–Kier alpha value is -0.570. The van der Waals surface area contributed by atoms with Crippen molar-refractivity contribution >= 4 is 5.97 Å². The highest BCUT2D eigenvalue weighted by atomic mass is 16.6. The van der Waals surface area contributed by atoms with E-state index < -0.39 is 0 Å². The Balaban J connectivity index is 1.59. The summed E-state index contributed by atoms with van der Waals surface area (Å²) in [5.74, 6) is -0.164. The Morgan fingerprint density at radius 1 is 0.824 bits per heavy atom. The van der Waals surface area contributed by atoms with E-state index in [1.807, 2.05) is 0 Å². The van der Waals surface area contributed by atoms with E-state index in [2.05, 4.69) is 0 Å². The van der Waals surface area contributed by atoms with Gasteiger partial charge in [-0.15, -0.1) is 0 Å². The molecule has 2 saturated carbocycles. The first-order valence-electron chi connectivity index (χ1n) is 7.15. The molecular weight excluding hydrogens is 216 g/mol. The Morgan fingerprint density at radius 3 is 1.94 bits per heavy atom. The maximum Gasteiger partial charge on any atom is 0.332 e. The summed E-state index contributed by atoms with van der Waals surface area (Å²) in [6, 6.07) is 0. The predicted molar refractivity (Wildman–Crippen MR) is 65.8 cm³/mol. The molecule has 0 spiro atoms. The molecule has 0 atom stereocenters. The minimum atomic E-state index is -0.164. The molecule has 3 nitrogen and oxygen atoms in total. The van der Waals surface area contributed by atoms with E-state index in [1.54, 1.807) is 0 Å². The third kappa shape index (κ3) is 4.66. The number of rotatable bonds is 4. The zero-order valence-electron chi connectivity index (χ0n) is 10.7. The Bertz CT molecular complexity index is 228. The monoisotopic (exact) mass is 240 g/mol. The van der Waals surface area contributed by atoms with Crippen molar-refractivity contribution in [2.45, 2.75) is 76.4 Å². The van der Waals surface area contributed by atoms with Crippen molar-refractivity contribution in [2.75, 3.05) is 6.61 Å². The van der Waals surface area contributed by atoms with Gasteiger partial charge in [0.1, 0.15) is 12.7 Å². The van der Waals surface area contributed by atoms with Crippen molar-refractivity contribution in [3.05, 3.63) is 0 Å². The van der Waals surface area contributed by atoms with Crippen LogP contribution >= 0.6 is 0 Å². The summed E-state index contributed by atoms with van der Waals surface area (Å²) >= 11 is 0. The SMILES string of the molecule is O=C(COC1CCCCC1)OC1CCCCC1. The lowest BCUT2D eigenvalue weighted by molar-refractivity contribution is -0.158. The van der Waals surface area contributed by atoms with Gasteiger partial charge in [0.25, 0.3) is 0 Å². The second-order valence-electron chi connectivity index (χ2n) is 5.32. The highest BCUT2D eigenvalue weighted by Crippen LogP contribution is 2.22. The molecule has 0 aliphatic heterocycles. The molecule has 0 aromatic heterocycles. The molecule has 0 saturated heterocycles. The van der Waals surface area contributed by atoms with Gasteiger partial charge in [-0.2, -0.15) is 0 Å². The summed E-state index contributed by atoms with van der Waals surface area (Å²) in [6.45, 7) is 0.154. The topological polar surface area (TPSA) is 35.5 Å². The maximum absolute atomic E-state index is 11.6. The number of carbonyl (C=O) groups excluding carboxylic acids is 1. The van der Waals surface area contributed by atoms with Gasteiger partial charge < -0.3 is 9.47 Å².